The van der Waals surface area contributed by atoms with E-state index in [1.165, 1.54) is 0 Å². The van der Waals surface area contributed by atoms with E-state index in [0.29, 0.717) is 29.6 Å². The van der Waals surface area contributed by atoms with Crippen LogP contribution in [-0.4, -0.2) is 34.4 Å². The lowest BCUT2D eigenvalue weighted by Gasteiger charge is -2.19. The van der Waals surface area contributed by atoms with Crippen LogP contribution in [0.25, 0.3) is 11.5 Å². The van der Waals surface area contributed by atoms with E-state index in [1.807, 2.05) is 12.1 Å². The highest BCUT2D eigenvalue weighted by atomic mass is 16.5. The summed E-state index contributed by atoms with van der Waals surface area (Å²) < 4.78 is 10.8. The van der Waals surface area contributed by atoms with Gasteiger partial charge in [-0.25, -0.2) is 4.98 Å². The number of aromatic nitrogens is 3. The van der Waals surface area contributed by atoms with Gasteiger partial charge in [-0.3, -0.25) is 0 Å². The molecule has 0 saturated heterocycles. The molecule has 0 aliphatic carbocycles. The molecule has 2 aromatic rings. The molecule has 2 aromatic heterocycles. The number of hydrogen-bond donors (Lipinski definition) is 1. The zero-order valence-corrected chi connectivity index (χ0v) is 12.3. The number of methoxy groups -OCH3 is 1. The molecule has 0 atom stereocenters. The second kappa shape index (κ2) is 6.00. The van der Waals surface area contributed by atoms with E-state index >= 15 is 0 Å². The highest BCUT2D eigenvalue weighted by molar-refractivity contribution is 5.59. The van der Waals surface area contributed by atoms with Gasteiger partial charge in [-0.05, 0) is 32.9 Å². The maximum atomic E-state index is 5.64. The van der Waals surface area contributed by atoms with Gasteiger partial charge < -0.3 is 14.5 Å². The molecule has 2 heterocycles. The van der Waals surface area contributed by atoms with Crippen molar-refractivity contribution < 1.29 is 9.15 Å². The fraction of sp³-hybridized carbons (Fsp3) is 0.500. The Balaban J connectivity index is 2.05. The molecular formula is C14H20N4O2. The summed E-state index contributed by atoms with van der Waals surface area (Å²) in [6, 6.07) is 3.65. The third-order valence-corrected chi connectivity index (χ3v) is 2.66. The van der Waals surface area contributed by atoms with E-state index in [-0.39, 0.29) is 5.54 Å². The number of ether oxygens (including phenoxy) is 1. The minimum absolute atomic E-state index is 0.0788. The van der Waals surface area contributed by atoms with Crippen LogP contribution >= 0.6 is 0 Å². The molecule has 0 fully saturated rings. The van der Waals surface area contributed by atoms with E-state index in [4.69, 9.17) is 9.15 Å². The van der Waals surface area contributed by atoms with Crippen LogP contribution in [0.5, 0.6) is 5.88 Å². The molecule has 0 aromatic carbocycles. The number of hydrogen-bond acceptors (Lipinski definition) is 6. The van der Waals surface area contributed by atoms with E-state index < -0.39 is 0 Å². The molecule has 6 heteroatoms. The predicted octanol–water partition coefficient (Wildman–Crippen LogP) is 2.07. The minimum Gasteiger partial charge on any atom is -0.480 e. The SMILES string of the molecule is COc1ncccc1-c1nnc(CCNC(C)(C)C)o1. The van der Waals surface area contributed by atoms with Gasteiger partial charge >= 0.3 is 0 Å². The van der Waals surface area contributed by atoms with Gasteiger partial charge in [0.05, 0.1) is 7.11 Å². The number of rotatable bonds is 5. The van der Waals surface area contributed by atoms with Crippen LogP contribution in [0.15, 0.2) is 22.7 Å². The van der Waals surface area contributed by atoms with Crippen LogP contribution < -0.4 is 10.1 Å². The summed E-state index contributed by atoms with van der Waals surface area (Å²) in [4.78, 5) is 4.11. The van der Waals surface area contributed by atoms with Crippen molar-refractivity contribution in [3.05, 3.63) is 24.2 Å². The van der Waals surface area contributed by atoms with E-state index in [1.54, 1.807) is 13.3 Å². The Morgan fingerprint density at radius 1 is 1.30 bits per heavy atom. The Labute approximate surface area is 118 Å². The van der Waals surface area contributed by atoms with Gasteiger partial charge in [-0.2, -0.15) is 0 Å². The first-order chi connectivity index (χ1) is 9.49. The maximum Gasteiger partial charge on any atom is 0.253 e. The Morgan fingerprint density at radius 3 is 2.80 bits per heavy atom. The normalized spacial score (nSPS) is 11.6. The summed E-state index contributed by atoms with van der Waals surface area (Å²) in [7, 11) is 1.57. The second-order valence-electron chi connectivity index (χ2n) is 5.49. The number of pyridine rings is 1. The molecule has 0 saturated carbocycles. The smallest absolute Gasteiger partial charge is 0.253 e. The van der Waals surface area contributed by atoms with Crippen molar-refractivity contribution in [3.63, 3.8) is 0 Å². The summed E-state index contributed by atoms with van der Waals surface area (Å²) in [5, 5.41) is 11.5. The summed E-state index contributed by atoms with van der Waals surface area (Å²) in [5.74, 6) is 1.51. The van der Waals surface area contributed by atoms with Gasteiger partial charge in [-0.15, -0.1) is 10.2 Å². The highest BCUT2D eigenvalue weighted by Crippen LogP contribution is 2.26. The molecule has 0 bridgehead atoms. The van der Waals surface area contributed by atoms with E-state index in [9.17, 15) is 0 Å². The second-order valence-corrected chi connectivity index (χ2v) is 5.49. The molecule has 0 amide bonds. The van der Waals surface area contributed by atoms with Crippen LogP contribution in [0.2, 0.25) is 0 Å². The number of nitrogens with one attached hydrogen (secondary N) is 1. The minimum atomic E-state index is 0.0788. The van der Waals surface area contributed by atoms with Crippen molar-refractivity contribution in [1.82, 2.24) is 20.5 Å². The van der Waals surface area contributed by atoms with Gasteiger partial charge in [0, 0.05) is 24.7 Å². The Hall–Kier alpha value is -1.95. The first kappa shape index (κ1) is 14.5. The molecule has 108 valence electrons. The zero-order valence-electron chi connectivity index (χ0n) is 12.3. The Bertz CT molecular complexity index is 560. The molecule has 20 heavy (non-hydrogen) atoms. The van der Waals surface area contributed by atoms with Gasteiger partial charge in [-0.1, -0.05) is 0 Å². The monoisotopic (exact) mass is 276 g/mol. The molecule has 1 N–H and O–H groups in total. The lowest BCUT2D eigenvalue weighted by Crippen LogP contribution is -2.37. The molecule has 0 spiro atoms. The summed E-state index contributed by atoms with van der Waals surface area (Å²) >= 11 is 0. The van der Waals surface area contributed by atoms with Crippen LogP contribution in [0.1, 0.15) is 26.7 Å². The van der Waals surface area contributed by atoms with E-state index in [2.05, 4.69) is 41.3 Å². The molecule has 0 unspecified atom stereocenters. The molecule has 0 aliphatic heterocycles. The fourth-order valence-electron chi connectivity index (χ4n) is 1.72. The van der Waals surface area contributed by atoms with Gasteiger partial charge in [0.25, 0.3) is 5.89 Å². The average molecular weight is 276 g/mol. The standard InChI is InChI=1S/C14H20N4O2/c1-14(2,3)16-9-7-11-17-18-13(20-11)10-6-5-8-15-12(10)19-4/h5-6,8,16H,7,9H2,1-4H3. The summed E-state index contributed by atoms with van der Waals surface area (Å²) in [6.07, 6.45) is 2.35. The van der Waals surface area contributed by atoms with Crippen molar-refractivity contribution in [1.29, 1.82) is 0 Å². The van der Waals surface area contributed by atoms with Crippen molar-refractivity contribution in [3.8, 4) is 17.3 Å². The average Bonchev–Trinajstić information content (AvgIpc) is 2.86. The first-order valence-corrected chi connectivity index (χ1v) is 6.56. The maximum absolute atomic E-state index is 5.64. The van der Waals surface area contributed by atoms with Crippen molar-refractivity contribution in [2.45, 2.75) is 32.7 Å². The number of nitrogens with zero attached hydrogens (tertiary/aromatic N) is 3. The molecule has 0 aliphatic rings. The Kier molecular flexibility index (Phi) is 4.34. The first-order valence-electron chi connectivity index (χ1n) is 6.56. The largest absolute Gasteiger partial charge is 0.480 e. The van der Waals surface area contributed by atoms with E-state index in [0.717, 1.165) is 6.54 Å². The topological polar surface area (TPSA) is 73.1 Å². The van der Waals surface area contributed by atoms with Crippen LogP contribution in [0.3, 0.4) is 0 Å². The molecule has 6 nitrogen and oxygen atoms in total. The lowest BCUT2D eigenvalue weighted by molar-refractivity contribution is 0.395. The van der Waals surface area contributed by atoms with Crippen LogP contribution in [-0.2, 0) is 6.42 Å². The zero-order chi connectivity index (χ0) is 14.6. The van der Waals surface area contributed by atoms with Gasteiger partial charge in [0.2, 0.25) is 11.8 Å². The van der Waals surface area contributed by atoms with Crippen molar-refractivity contribution >= 4 is 0 Å². The summed E-state index contributed by atoms with van der Waals surface area (Å²) in [5.41, 5.74) is 0.785. The Morgan fingerprint density at radius 2 is 2.10 bits per heavy atom. The van der Waals surface area contributed by atoms with Gasteiger partial charge in [0.1, 0.15) is 5.56 Å². The van der Waals surface area contributed by atoms with Crippen molar-refractivity contribution in [2.75, 3.05) is 13.7 Å². The molecule has 0 radical (unpaired) electrons. The van der Waals surface area contributed by atoms with Crippen LogP contribution in [0, 0.1) is 0 Å². The highest BCUT2D eigenvalue weighted by Gasteiger charge is 2.14. The molecule has 2 rings (SSSR count). The third kappa shape index (κ3) is 3.77. The van der Waals surface area contributed by atoms with Crippen LogP contribution in [0.4, 0.5) is 0 Å². The third-order valence-electron chi connectivity index (χ3n) is 2.66. The lowest BCUT2D eigenvalue weighted by atomic mass is 10.1. The predicted molar refractivity (Wildman–Crippen MR) is 75.5 cm³/mol. The fourth-order valence-corrected chi connectivity index (χ4v) is 1.72. The quantitative estimate of drug-likeness (QED) is 0.901. The van der Waals surface area contributed by atoms with Gasteiger partial charge in [0.15, 0.2) is 0 Å². The van der Waals surface area contributed by atoms with Crippen molar-refractivity contribution in [2.24, 2.45) is 0 Å². The molecular weight excluding hydrogens is 256 g/mol. The summed E-state index contributed by atoms with van der Waals surface area (Å²) in [6.45, 7) is 7.14.